The highest BCUT2D eigenvalue weighted by Gasteiger charge is 2.27. The molecule has 250 valence electrons. The highest BCUT2D eigenvalue weighted by Crippen LogP contribution is 2.14. The molecule has 1 amide bonds. The molecule has 0 aliphatic rings. The van der Waals surface area contributed by atoms with Gasteiger partial charge >= 0.3 is 0 Å². The molecule has 0 radical (unpaired) electrons. The second-order valence-corrected chi connectivity index (χ2v) is 13.8. The van der Waals surface area contributed by atoms with E-state index < -0.39 is 40.0 Å². The van der Waals surface area contributed by atoms with Crippen LogP contribution in [0.3, 0.4) is 0 Å². The van der Waals surface area contributed by atoms with E-state index in [-0.39, 0.29) is 6.42 Å². The van der Waals surface area contributed by atoms with Crippen LogP contribution in [0.1, 0.15) is 174 Å². The molecule has 0 rings (SSSR count). The van der Waals surface area contributed by atoms with Crippen molar-refractivity contribution < 1.29 is 28.0 Å². The first-order chi connectivity index (χ1) is 20.2. The van der Waals surface area contributed by atoms with Gasteiger partial charge in [0, 0.05) is 0 Å². The van der Waals surface area contributed by atoms with Gasteiger partial charge in [-0.1, -0.05) is 167 Å². The Labute approximate surface area is 259 Å². The Balaban J connectivity index is 4.15. The number of aliphatic hydroxyl groups excluding tert-OH is 2. The summed E-state index contributed by atoms with van der Waals surface area (Å²) in [6.07, 6.45) is 29.8. The van der Waals surface area contributed by atoms with Crippen LogP contribution in [-0.4, -0.2) is 53.1 Å². The Kier molecular flexibility index (Phi) is 28.1. The van der Waals surface area contributed by atoms with E-state index in [0.717, 1.165) is 38.5 Å². The van der Waals surface area contributed by atoms with Gasteiger partial charge in [-0.05, 0) is 19.3 Å². The fourth-order valence-corrected chi connectivity index (χ4v) is 6.07. The Bertz CT molecular complexity index is 742. The molecule has 8 heteroatoms. The molecular formula is C34H67NO6S. The fraction of sp³-hybridized carbons (Fsp3) is 0.912. The molecule has 3 atom stereocenters. The first-order valence-electron chi connectivity index (χ1n) is 17.5. The van der Waals surface area contributed by atoms with Crippen molar-refractivity contribution in [3.8, 4) is 0 Å². The van der Waals surface area contributed by atoms with Crippen molar-refractivity contribution in [3.63, 3.8) is 0 Å². The first-order valence-corrected chi connectivity index (χ1v) is 19.1. The third kappa shape index (κ3) is 27.8. The number of rotatable bonds is 31. The van der Waals surface area contributed by atoms with E-state index in [1.807, 2.05) is 0 Å². The van der Waals surface area contributed by atoms with Gasteiger partial charge in [0.1, 0.15) is 6.10 Å². The molecule has 0 aromatic rings. The third-order valence-corrected chi connectivity index (χ3v) is 8.85. The normalized spacial score (nSPS) is 14.3. The molecule has 0 spiro atoms. The van der Waals surface area contributed by atoms with Gasteiger partial charge in [-0.15, -0.1) is 0 Å². The van der Waals surface area contributed by atoms with Gasteiger partial charge in [0.2, 0.25) is 5.91 Å². The van der Waals surface area contributed by atoms with Crippen molar-refractivity contribution in [3.05, 3.63) is 12.2 Å². The number of carbonyl (C=O) groups is 1. The second kappa shape index (κ2) is 28.8. The minimum Gasteiger partial charge on any atom is -0.387 e. The second-order valence-electron chi connectivity index (χ2n) is 12.3. The topological polar surface area (TPSA) is 124 Å². The molecule has 0 saturated carbocycles. The van der Waals surface area contributed by atoms with Crippen LogP contribution in [0.4, 0.5) is 0 Å². The number of nitrogens with one attached hydrogen (secondary N) is 1. The Morgan fingerprint density at radius 2 is 1.02 bits per heavy atom. The summed E-state index contributed by atoms with van der Waals surface area (Å²) < 4.78 is 32.3. The van der Waals surface area contributed by atoms with Crippen LogP contribution in [0.5, 0.6) is 0 Å². The minimum atomic E-state index is -4.43. The molecule has 4 N–H and O–H groups in total. The standard InChI is InChI=1S/C34H67NO6S/c1-3-5-7-9-11-13-15-17-19-20-22-24-26-28-32(36)31(30-42(39,40)41)35-34(38)33(37)29-27-25-23-21-18-16-14-12-10-8-6-4-2/h26,28,31-33,36-37H,3-25,27,29-30H2,1-2H3,(H,35,38)(H,39,40,41)/b28-26+. The summed E-state index contributed by atoms with van der Waals surface area (Å²) in [6.45, 7) is 4.47. The Hall–Kier alpha value is -0.960. The SMILES string of the molecule is CCCCCCCCCCCCC/C=C/C(O)C(CS(=O)(=O)O)NC(=O)C(O)CCCCCCCCCCCCCC. The molecule has 3 unspecified atom stereocenters. The van der Waals surface area contributed by atoms with Gasteiger partial charge < -0.3 is 15.5 Å². The highest BCUT2D eigenvalue weighted by molar-refractivity contribution is 7.85. The quantitative estimate of drug-likeness (QED) is 0.0352. The average Bonchev–Trinajstić information content (AvgIpc) is 2.94. The third-order valence-electron chi connectivity index (χ3n) is 8.07. The first kappa shape index (κ1) is 41.0. The highest BCUT2D eigenvalue weighted by atomic mass is 32.2. The van der Waals surface area contributed by atoms with Gasteiger partial charge in [0.15, 0.2) is 0 Å². The van der Waals surface area contributed by atoms with E-state index in [0.29, 0.717) is 6.42 Å². The summed E-state index contributed by atoms with van der Waals surface area (Å²) in [4.78, 5) is 12.5. The van der Waals surface area contributed by atoms with Gasteiger partial charge in [0.05, 0.1) is 17.9 Å². The van der Waals surface area contributed by atoms with Crippen molar-refractivity contribution in [1.82, 2.24) is 5.32 Å². The van der Waals surface area contributed by atoms with E-state index in [1.54, 1.807) is 6.08 Å². The fourth-order valence-electron chi connectivity index (χ4n) is 5.34. The monoisotopic (exact) mass is 617 g/mol. The summed E-state index contributed by atoms with van der Waals surface area (Å²) in [5.74, 6) is -1.53. The Morgan fingerprint density at radius 3 is 1.43 bits per heavy atom. The number of hydrogen-bond donors (Lipinski definition) is 4. The lowest BCUT2D eigenvalue weighted by molar-refractivity contribution is -0.130. The number of aliphatic hydroxyl groups is 2. The maximum atomic E-state index is 12.5. The molecular weight excluding hydrogens is 550 g/mol. The zero-order valence-electron chi connectivity index (χ0n) is 27.2. The van der Waals surface area contributed by atoms with Crippen molar-refractivity contribution in [2.24, 2.45) is 0 Å². The molecule has 0 fully saturated rings. The molecule has 0 aromatic carbocycles. The summed E-state index contributed by atoms with van der Waals surface area (Å²) in [5.41, 5.74) is 0. The lowest BCUT2D eigenvalue weighted by Crippen LogP contribution is -2.50. The molecule has 7 nitrogen and oxygen atoms in total. The predicted octanol–water partition coefficient (Wildman–Crippen LogP) is 8.43. The van der Waals surface area contributed by atoms with E-state index in [4.69, 9.17) is 0 Å². The number of carbonyl (C=O) groups excluding carboxylic acids is 1. The lowest BCUT2D eigenvalue weighted by Gasteiger charge is -2.22. The van der Waals surface area contributed by atoms with Gasteiger partial charge in [-0.2, -0.15) is 8.42 Å². The number of unbranched alkanes of at least 4 members (excludes halogenated alkanes) is 22. The van der Waals surface area contributed by atoms with E-state index in [1.165, 1.54) is 115 Å². The molecule has 0 bridgehead atoms. The van der Waals surface area contributed by atoms with Crippen LogP contribution in [-0.2, 0) is 14.9 Å². The van der Waals surface area contributed by atoms with Crippen molar-refractivity contribution in [1.29, 1.82) is 0 Å². The van der Waals surface area contributed by atoms with Crippen LogP contribution < -0.4 is 5.32 Å². The summed E-state index contributed by atoms with van der Waals surface area (Å²) in [5, 5.41) is 23.2. The van der Waals surface area contributed by atoms with Crippen LogP contribution in [0.15, 0.2) is 12.2 Å². The zero-order chi connectivity index (χ0) is 31.3. The number of amides is 1. The predicted molar refractivity (Wildman–Crippen MR) is 176 cm³/mol. The number of allylic oxidation sites excluding steroid dienone is 1. The van der Waals surface area contributed by atoms with Crippen molar-refractivity contribution in [2.45, 2.75) is 193 Å². The molecule has 0 aromatic heterocycles. The van der Waals surface area contributed by atoms with Crippen LogP contribution in [0, 0.1) is 0 Å². The summed E-state index contributed by atoms with van der Waals surface area (Å²) >= 11 is 0. The van der Waals surface area contributed by atoms with Crippen LogP contribution >= 0.6 is 0 Å². The van der Waals surface area contributed by atoms with Gasteiger partial charge in [-0.25, -0.2) is 0 Å². The summed E-state index contributed by atoms with van der Waals surface area (Å²) in [6, 6.07) is -1.22. The van der Waals surface area contributed by atoms with E-state index in [9.17, 15) is 28.0 Å². The van der Waals surface area contributed by atoms with Gasteiger partial charge in [-0.3, -0.25) is 9.35 Å². The average molecular weight is 618 g/mol. The molecule has 42 heavy (non-hydrogen) atoms. The molecule has 0 aliphatic heterocycles. The van der Waals surface area contributed by atoms with Crippen LogP contribution in [0.25, 0.3) is 0 Å². The van der Waals surface area contributed by atoms with E-state index >= 15 is 0 Å². The molecule has 0 heterocycles. The summed E-state index contributed by atoms with van der Waals surface area (Å²) in [7, 11) is -4.43. The van der Waals surface area contributed by atoms with E-state index in [2.05, 4.69) is 19.2 Å². The smallest absolute Gasteiger partial charge is 0.267 e. The zero-order valence-corrected chi connectivity index (χ0v) is 28.1. The Morgan fingerprint density at radius 1 is 0.643 bits per heavy atom. The van der Waals surface area contributed by atoms with Crippen molar-refractivity contribution >= 4 is 16.0 Å². The lowest BCUT2D eigenvalue weighted by atomic mass is 10.0. The molecule has 0 aliphatic carbocycles. The number of hydrogen-bond acceptors (Lipinski definition) is 5. The largest absolute Gasteiger partial charge is 0.387 e. The van der Waals surface area contributed by atoms with Crippen LogP contribution in [0.2, 0.25) is 0 Å². The molecule has 0 saturated heterocycles. The van der Waals surface area contributed by atoms with Gasteiger partial charge in [0.25, 0.3) is 10.1 Å². The maximum Gasteiger partial charge on any atom is 0.267 e. The van der Waals surface area contributed by atoms with Crippen molar-refractivity contribution in [2.75, 3.05) is 5.75 Å². The minimum absolute atomic E-state index is 0.284. The maximum absolute atomic E-state index is 12.5.